The van der Waals surface area contributed by atoms with Crippen LogP contribution in [-0.4, -0.2) is 5.78 Å². The Balaban J connectivity index is 1.97. The van der Waals surface area contributed by atoms with Crippen LogP contribution in [0, 0.1) is 0 Å². The van der Waals surface area contributed by atoms with Gasteiger partial charge in [-0.2, -0.15) is 4.57 Å². The van der Waals surface area contributed by atoms with E-state index in [9.17, 15) is 4.79 Å². The fourth-order valence-corrected chi connectivity index (χ4v) is 3.51. The maximum atomic E-state index is 12.9. The molecular formula is C19H14NOS+. The third-order valence-corrected chi connectivity index (χ3v) is 4.57. The highest BCUT2D eigenvalue weighted by molar-refractivity contribution is 7.07. The summed E-state index contributed by atoms with van der Waals surface area (Å²) in [5.41, 5.74) is 2.79. The first kappa shape index (κ1) is 13.2. The molecule has 0 fully saturated rings. The molecule has 0 atom stereocenters. The summed E-state index contributed by atoms with van der Waals surface area (Å²) in [6.07, 6.45) is 1.94. The smallest absolute Gasteiger partial charge is 0.228 e. The minimum absolute atomic E-state index is 0.149. The summed E-state index contributed by atoms with van der Waals surface area (Å²) in [5, 5.41) is 6.26. The SMILES string of the molecule is O=C(C[n+]1ccsc1)c1c2ccccc2cc2ccccc12. The third kappa shape index (κ3) is 2.20. The van der Waals surface area contributed by atoms with Crippen molar-refractivity contribution in [2.45, 2.75) is 6.54 Å². The highest BCUT2D eigenvalue weighted by atomic mass is 32.1. The summed E-state index contributed by atoms with van der Waals surface area (Å²) in [5.74, 6) is 0.149. The molecule has 4 aromatic rings. The van der Waals surface area contributed by atoms with E-state index in [1.807, 2.05) is 58.1 Å². The summed E-state index contributed by atoms with van der Waals surface area (Å²) in [6, 6.07) is 18.4. The Hall–Kier alpha value is -2.52. The van der Waals surface area contributed by atoms with Gasteiger partial charge in [-0.15, -0.1) is 0 Å². The maximum absolute atomic E-state index is 12.9. The van der Waals surface area contributed by atoms with Crippen molar-refractivity contribution in [1.82, 2.24) is 0 Å². The Morgan fingerprint density at radius 1 is 0.955 bits per heavy atom. The number of ketones is 1. The number of thiazole rings is 1. The predicted molar refractivity (Wildman–Crippen MR) is 90.3 cm³/mol. The lowest BCUT2D eigenvalue weighted by atomic mass is 9.94. The van der Waals surface area contributed by atoms with E-state index in [1.165, 1.54) is 0 Å². The van der Waals surface area contributed by atoms with Gasteiger partial charge in [0.2, 0.25) is 17.8 Å². The van der Waals surface area contributed by atoms with Crippen LogP contribution in [0.15, 0.2) is 71.7 Å². The first-order valence-corrected chi connectivity index (χ1v) is 8.12. The predicted octanol–water partition coefficient (Wildman–Crippen LogP) is 4.22. The first-order valence-electron chi connectivity index (χ1n) is 7.18. The lowest BCUT2D eigenvalue weighted by molar-refractivity contribution is -0.678. The molecule has 0 saturated heterocycles. The highest BCUT2D eigenvalue weighted by Gasteiger charge is 2.18. The van der Waals surface area contributed by atoms with Crippen molar-refractivity contribution < 1.29 is 9.36 Å². The summed E-state index contributed by atoms with van der Waals surface area (Å²) in [4.78, 5) is 12.9. The van der Waals surface area contributed by atoms with Gasteiger partial charge in [-0.25, -0.2) is 0 Å². The van der Waals surface area contributed by atoms with Crippen molar-refractivity contribution in [3.8, 4) is 0 Å². The molecule has 2 nitrogen and oxygen atoms in total. The normalized spacial score (nSPS) is 11.1. The summed E-state index contributed by atoms with van der Waals surface area (Å²) >= 11 is 1.59. The molecule has 4 rings (SSSR count). The van der Waals surface area contributed by atoms with Gasteiger partial charge in [0.05, 0.1) is 5.38 Å². The maximum Gasteiger partial charge on any atom is 0.228 e. The van der Waals surface area contributed by atoms with E-state index in [2.05, 4.69) is 18.2 Å². The van der Waals surface area contributed by atoms with Crippen LogP contribution in [0.1, 0.15) is 10.4 Å². The van der Waals surface area contributed by atoms with Crippen molar-refractivity contribution in [3.63, 3.8) is 0 Å². The van der Waals surface area contributed by atoms with Crippen LogP contribution >= 0.6 is 11.3 Å². The van der Waals surface area contributed by atoms with Gasteiger partial charge in [0.25, 0.3) is 0 Å². The Morgan fingerprint density at radius 3 is 2.18 bits per heavy atom. The molecule has 3 heteroatoms. The number of carbonyl (C=O) groups is 1. The van der Waals surface area contributed by atoms with E-state index >= 15 is 0 Å². The van der Waals surface area contributed by atoms with Gasteiger partial charge in [0, 0.05) is 5.56 Å². The van der Waals surface area contributed by atoms with Crippen molar-refractivity contribution in [1.29, 1.82) is 0 Å². The minimum atomic E-state index is 0.149. The molecular weight excluding hydrogens is 290 g/mol. The summed E-state index contributed by atoms with van der Waals surface area (Å²) < 4.78 is 1.93. The van der Waals surface area contributed by atoms with Crippen LogP contribution < -0.4 is 4.57 Å². The number of Topliss-reactive ketones (excluding diaryl/α,β-unsaturated/α-hetero) is 1. The van der Waals surface area contributed by atoms with Crippen molar-refractivity contribution in [3.05, 3.63) is 77.2 Å². The van der Waals surface area contributed by atoms with Crippen molar-refractivity contribution >= 4 is 38.7 Å². The largest absolute Gasteiger partial charge is 0.287 e. The molecule has 0 radical (unpaired) electrons. The number of carbonyl (C=O) groups excluding carboxylic acids is 1. The van der Waals surface area contributed by atoms with Crippen LogP contribution in [0.2, 0.25) is 0 Å². The van der Waals surface area contributed by atoms with Crippen molar-refractivity contribution in [2.24, 2.45) is 0 Å². The number of benzene rings is 3. The van der Waals surface area contributed by atoms with Gasteiger partial charge >= 0.3 is 0 Å². The number of nitrogens with zero attached hydrogens (tertiary/aromatic N) is 1. The Kier molecular flexibility index (Phi) is 3.20. The van der Waals surface area contributed by atoms with E-state index in [-0.39, 0.29) is 5.78 Å². The minimum Gasteiger partial charge on any atom is -0.287 e. The molecule has 0 aliphatic heterocycles. The topological polar surface area (TPSA) is 20.9 Å². The zero-order valence-electron chi connectivity index (χ0n) is 11.9. The van der Waals surface area contributed by atoms with Gasteiger partial charge in [-0.1, -0.05) is 59.9 Å². The number of hydrogen-bond donors (Lipinski definition) is 0. The zero-order chi connectivity index (χ0) is 14.9. The lowest BCUT2D eigenvalue weighted by Gasteiger charge is -2.09. The Morgan fingerprint density at radius 2 is 1.59 bits per heavy atom. The van der Waals surface area contributed by atoms with E-state index < -0.39 is 0 Å². The molecule has 3 aromatic carbocycles. The molecule has 106 valence electrons. The number of rotatable bonds is 3. The lowest BCUT2D eigenvalue weighted by Crippen LogP contribution is -2.35. The molecule has 0 spiro atoms. The Labute approximate surface area is 132 Å². The zero-order valence-corrected chi connectivity index (χ0v) is 12.7. The second-order valence-electron chi connectivity index (χ2n) is 5.32. The van der Waals surface area contributed by atoms with Gasteiger partial charge in [-0.3, -0.25) is 4.79 Å². The van der Waals surface area contributed by atoms with E-state index in [0.29, 0.717) is 6.54 Å². The first-order chi connectivity index (χ1) is 10.8. The molecule has 0 saturated carbocycles. The molecule has 1 aromatic heterocycles. The molecule has 0 bridgehead atoms. The molecule has 1 heterocycles. The second-order valence-corrected chi connectivity index (χ2v) is 6.07. The van der Waals surface area contributed by atoms with Crippen LogP contribution in [-0.2, 0) is 6.54 Å². The van der Waals surface area contributed by atoms with E-state index in [0.717, 1.165) is 27.1 Å². The van der Waals surface area contributed by atoms with E-state index in [4.69, 9.17) is 0 Å². The standard InChI is InChI=1S/C19H14NOS/c21-18(12-20-9-10-22-13-20)19-16-7-3-1-5-14(16)11-15-6-2-4-8-17(15)19/h1-11,13H,12H2/q+1. The second kappa shape index (κ2) is 5.35. The van der Waals surface area contributed by atoms with Crippen LogP contribution in [0.4, 0.5) is 0 Å². The molecule has 0 N–H and O–H groups in total. The van der Waals surface area contributed by atoms with Crippen molar-refractivity contribution in [2.75, 3.05) is 0 Å². The quantitative estimate of drug-likeness (QED) is 0.315. The molecule has 0 unspecified atom stereocenters. The summed E-state index contributed by atoms with van der Waals surface area (Å²) in [6.45, 7) is 0.376. The van der Waals surface area contributed by atoms with Gasteiger partial charge in [0.1, 0.15) is 0 Å². The van der Waals surface area contributed by atoms with Gasteiger partial charge in [0.15, 0.2) is 6.20 Å². The van der Waals surface area contributed by atoms with Gasteiger partial charge < -0.3 is 0 Å². The fourth-order valence-electron chi connectivity index (χ4n) is 2.91. The summed E-state index contributed by atoms with van der Waals surface area (Å²) in [7, 11) is 0. The van der Waals surface area contributed by atoms with E-state index in [1.54, 1.807) is 11.3 Å². The third-order valence-electron chi connectivity index (χ3n) is 3.90. The average Bonchev–Trinajstić information content (AvgIpc) is 3.05. The van der Waals surface area contributed by atoms with Crippen LogP contribution in [0.5, 0.6) is 0 Å². The molecule has 0 aliphatic carbocycles. The van der Waals surface area contributed by atoms with Crippen LogP contribution in [0.25, 0.3) is 21.5 Å². The fraction of sp³-hybridized carbons (Fsp3) is 0.0526. The average molecular weight is 304 g/mol. The number of fused-ring (bicyclic) bond motifs is 2. The number of hydrogen-bond acceptors (Lipinski definition) is 2. The van der Waals surface area contributed by atoms with Crippen LogP contribution in [0.3, 0.4) is 0 Å². The molecule has 0 aliphatic rings. The Bertz CT molecular complexity index is 919. The highest BCUT2D eigenvalue weighted by Crippen LogP contribution is 2.28. The monoisotopic (exact) mass is 304 g/mol. The number of aromatic nitrogens is 1. The molecule has 22 heavy (non-hydrogen) atoms. The molecule has 0 amide bonds. The van der Waals surface area contributed by atoms with Gasteiger partial charge in [-0.05, 0) is 27.6 Å².